The molecule has 1 aliphatic rings. The molecule has 2 N–H and O–H groups in total. The Balaban J connectivity index is 1.56. The zero-order valence-electron chi connectivity index (χ0n) is 12.6. The number of anilines is 1. The largest absolute Gasteiger partial charge is 0.326 e. The van der Waals surface area contributed by atoms with E-state index in [0.717, 1.165) is 0 Å². The Labute approximate surface area is 155 Å². The highest BCUT2D eigenvalue weighted by molar-refractivity contribution is 7.99. The fourth-order valence-corrected chi connectivity index (χ4v) is 4.14. The summed E-state index contributed by atoms with van der Waals surface area (Å²) in [7, 11) is 0. The van der Waals surface area contributed by atoms with E-state index in [1.165, 1.54) is 18.0 Å². The summed E-state index contributed by atoms with van der Waals surface area (Å²) in [6, 6.07) is 4.61. The summed E-state index contributed by atoms with van der Waals surface area (Å²) in [6.07, 6.45) is 1.61. The number of H-pyrrole nitrogens is 1. The second-order valence-electron chi connectivity index (χ2n) is 5.55. The van der Waals surface area contributed by atoms with Crippen molar-refractivity contribution in [3.05, 3.63) is 44.8 Å². The number of rotatable bonds is 3. The zero-order chi connectivity index (χ0) is 17.6. The second kappa shape index (κ2) is 6.36. The number of aromatic nitrogens is 4. The van der Waals surface area contributed by atoms with Crippen molar-refractivity contribution in [3.8, 4) is 0 Å². The molecule has 1 atom stereocenters. The summed E-state index contributed by atoms with van der Waals surface area (Å²) in [5.41, 5.74) is 0.830. The number of hydrogen-bond acceptors (Lipinski definition) is 5. The van der Waals surface area contributed by atoms with Crippen LogP contribution in [0.1, 0.15) is 12.5 Å². The standard InChI is InChI=1S/C15H11Cl2N5O2S/c16-10-2-1-7(3-11(10)17)19-12(23)4-8-6-25-15-20-13-9(5-18-21-13)14(24)22(8)15/h1-3,5,8H,4,6H2,(H,18,21)(H,19,23). The lowest BCUT2D eigenvalue weighted by Crippen LogP contribution is -2.27. The maximum atomic E-state index is 12.6. The summed E-state index contributed by atoms with van der Waals surface area (Å²) in [5, 5.41) is 11.1. The van der Waals surface area contributed by atoms with Gasteiger partial charge in [-0.25, -0.2) is 4.98 Å². The summed E-state index contributed by atoms with van der Waals surface area (Å²) in [4.78, 5) is 29.3. The number of hydrogen-bond donors (Lipinski definition) is 2. The van der Waals surface area contributed by atoms with E-state index in [9.17, 15) is 9.59 Å². The van der Waals surface area contributed by atoms with Crippen LogP contribution in [0.2, 0.25) is 10.0 Å². The Morgan fingerprint density at radius 2 is 2.24 bits per heavy atom. The number of aromatic amines is 1. The Kier molecular flexibility index (Phi) is 4.18. The first-order valence-corrected chi connectivity index (χ1v) is 9.10. The third-order valence-electron chi connectivity index (χ3n) is 3.88. The molecule has 2 aromatic heterocycles. The zero-order valence-corrected chi connectivity index (χ0v) is 15.0. The van der Waals surface area contributed by atoms with Gasteiger partial charge in [0.15, 0.2) is 10.8 Å². The number of nitrogens with one attached hydrogen (secondary N) is 2. The van der Waals surface area contributed by atoms with Crippen molar-refractivity contribution in [2.45, 2.75) is 17.6 Å². The molecular weight excluding hydrogens is 385 g/mol. The molecule has 0 fully saturated rings. The number of carbonyl (C=O) groups excluding carboxylic acids is 1. The summed E-state index contributed by atoms with van der Waals surface area (Å²) < 4.78 is 1.57. The van der Waals surface area contributed by atoms with E-state index in [4.69, 9.17) is 23.2 Å². The van der Waals surface area contributed by atoms with Crippen LogP contribution in [0.15, 0.2) is 34.3 Å². The van der Waals surface area contributed by atoms with Gasteiger partial charge in [0.2, 0.25) is 5.91 Å². The van der Waals surface area contributed by atoms with Gasteiger partial charge in [-0.05, 0) is 18.2 Å². The maximum Gasteiger partial charge on any atom is 0.265 e. The molecule has 3 heterocycles. The van der Waals surface area contributed by atoms with Gasteiger partial charge in [-0.15, -0.1) is 0 Å². The quantitative estimate of drug-likeness (QED) is 0.664. The van der Waals surface area contributed by atoms with Crippen LogP contribution in [-0.4, -0.2) is 31.4 Å². The molecule has 1 unspecified atom stereocenters. The predicted molar refractivity (Wildman–Crippen MR) is 97.6 cm³/mol. The smallest absolute Gasteiger partial charge is 0.265 e. The van der Waals surface area contributed by atoms with Gasteiger partial charge < -0.3 is 5.32 Å². The van der Waals surface area contributed by atoms with Crippen LogP contribution in [-0.2, 0) is 4.79 Å². The molecule has 0 saturated heterocycles. The monoisotopic (exact) mass is 395 g/mol. The molecular formula is C15H11Cl2N5O2S. The van der Waals surface area contributed by atoms with E-state index in [1.807, 2.05) is 0 Å². The van der Waals surface area contributed by atoms with Crippen molar-refractivity contribution < 1.29 is 4.79 Å². The molecule has 0 saturated carbocycles. The van der Waals surface area contributed by atoms with E-state index >= 15 is 0 Å². The molecule has 128 valence electrons. The first-order valence-electron chi connectivity index (χ1n) is 7.36. The molecule has 7 nitrogen and oxygen atoms in total. The minimum absolute atomic E-state index is 0.158. The minimum Gasteiger partial charge on any atom is -0.326 e. The fourth-order valence-electron chi connectivity index (χ4n) is 2.71. The van der Waals surface area contributed by atoms with Crippen molar-refractivity contribution in [3.63, 3.8) is 0 Å². The lowest BCUT2D eigenvalue weighted by Gasteiger charge is -2.13. The third-order valence-corrected chi connectivity index (χ3v) is 5.71. The lowest BCUT2D eigenvalue weighted by molar-refractivity contribution is -0.116. The van der Waals surface area contributed by atoms with Crippen LogP contribution in [0.3, 0.4) is 0 Å². The van der Waals surface area contributed by atoms with E-state index in [2.05, 4.69) is 20.5 Å². The molecule has 4 rings (SSSR count). The number of amides is 1. The van der Waals surface area contributed by atoms with E-state index in [0.29, 0.717) is 37.7 Å². The van der Waals surface area contributed by atoms with Gasteiger partial charge in [0.1, 0.15) is 5.39 Å². The molecule has 25 heavy (non-hydrogen) atoms. The number of carbonyl (C=O) groups is 1. The van der Waals surface area contributed by atoms with E-state index in [-0.39, 0.29) is 23.9 Å². The van der Waals surface area contributed by atoms with E-state index < -0.39 is 0 Å². The van der Waals surface area contributed by atoms with Gasteiger partial charge in [0.05, 0.1) is 22.3 Å². The molecule has 1 aliphatic heterocycles. The Hall–Kier alpha value is -2.03. The van der Waals surface area contributed by atoms with Gasteiger partial charge in [0.25, 0.3) is 5.56 Å². The summed E-state index contributed by atoms with van der Waals surface area (Å²) in [5.74, 6) is 0.396. The molecule has 0 spiro atoms. The molecule has 1 aromatic carbocycles. The highest BCUT2D eigenvalue weighted by Crippen LogP contribution is 2.33. The molecule has 1 amide bonds. The van der Waals surface area contributed by atoms with Gasteiger partial charge in [-0.1, -0.05) is 35.0 Å². The predicted octanol–water partition coefficient (Wildman–Crippen LogP) is 3.10. The number of nitrogens with zero attached hydrogens (tertiary/aromatic N) is 3. The Morgan fingerprint density at radius 3 is 3.04 bits per heavy atom. The fraction of sp³-hybridized carbons (Fsp3) is 0.200. The molecule has 3 aromatic rings. The molecule has 0 radical (unpaired) electrons. The van der Waals surface area contributed by atoms with E-state index in [1.54, 1.807) is 22.8 Å². The first-order chi connectivity index (χ1) is 12.0. The van der Waals surface area contributed by atoms with Crippen LogP contribution < -0.4 is 10.9 Å². The minimum atomic E-state index is -0.262. The summed E-state index contributed by atoms with van der Waals surface area (Å²) in [6.45, 7) is 0. The summed E-state index contributed by atoms with van der Waals surface area (Å²) >= 11 is 13.3. The van der Waals surface area contributed by atoms with Crippen molar-refractivity contribution >= 4 is 57.6 Å². The third kappa shape index (κ3) is 3.01. The number of thioether (sulfide) groups is 1. The highest BCUT2D eigenvalue weighted by atomic mass is 35.5. The molecule has 10 heteroatoms. The van der Waals surface area contributed by atoms with Crippen molar-refractivity contribution in [2.75, 3.05) is 11.1 Å². The highest BCUT2D eigenvalue weighted by Gasteiger charge is 2.28. The molecule has 0 bridgehead atoms. The maximum absolute atomic E-state index is 12.6. The van der Waals surface area contributed by atoms with Crippen molar-refractivity contribution in [1.29, 1.82) is 0 Å². The van der Waals surface area contributed by atoms with Crippen LogP contribution in [0, 0.1) is 0 Å². The number of fused-ring (bicyclic) bond motifs is 2. The SMILES string of the molecule is O=C(CC1CSc2nc3[nH]ncc3c(=O)n21)Nc1ccc(Cl)c(Cl)c1. The first kappa shape index (κ1) is 16.4. The van der Waals surface area contributed by atoms with Crippen LogP contribution in [0.5, 0.6) is 0 Å². The van der Waals surface area contributed by atoms with Crippen molar-refractivity contribution in [2.24, 2.45) is 0 Å². The van der Waals surface area contributed by atoms with Gasteiger partial charge >= 0.3 is 0 Å². The number of benzene rings is 1. The second-order valence-corrected chi connectivity index (χ2v) is 7.35. The normalized spacial score (nSPS) is 16.2. The average molecular weight is 396 g/mol. The Morgan fingerprint density at radius 1 is 1.40 bits per heavy atom. The molecule has 0 aliphatic carbocycles. The van der Waals surface area contributed by atoms with Crippen LogP contribution in [0.25, 0.3) is 11.0 Å². The van der Waals surface area contributed by atoms with Gasteiger partial charge in [-0.2, -0.15) is 5.10 Å². The van der Waals surface area contributed by atoms with Crippen molar-refractivity contribution in [1.82, 2.24) is 19.7 Å². The van der Waals surface area contributed by atoms with Crippen LogP contribution in [0.4, 0.5) is 5.69 Å². The number of halogens is 2. The van der Waals surface area contributed by atoms with Gasteiger partial charge in [0, 0.05) is 17.9 Å². The average Bonchev–Trinajstić information content (AvgIpc) is 3.19. The van der Waals surface area contributed by atoms with Crippen LogP contribution >= 0.6 is 35.0 Å². The lowest BCUT2D eigenvalue weighted by atomic mass is 10.2. The topological polar surface area (TPSA) is 92.7 Å². The van der Waals surface area contributed by atoms with Gasteiger partial charge in [-0.3, -0.25) is 19.3 Å². The Bertz CT molecular complexity index is 1050.